The van der Waals surface area contributed by atoms with Gasteiger partial charge in [0.05, 0.1) is 6.61 Å². The number of hydrogen-bond acceptors (Lipinski definition) is 5. The number of aromatic hydroxyl groups is 1. The van der Waals surface area contributed by atoms with E-state index in [1.54, 1.807) is 13.8 Å². The van der Waals surface area contributed by atoms with E-state index < -0.39 is 11.9 Å². The summed E-state index contributed by atoms with van der Waals surface area (Å²) >= 11 is 0. The molecule has 0 aliphatic heterocycles. The summed E-state index contributed by atoms with van der Waals surface area (Å²) < 4.78 is 10.3. The second-order valence-electron chi connectivity index (χ2n) is 4.66. The van der Waals surface area contributed by atoms with Gasteiger partial charge in [-0.1, -0.05) is 13.8 Å². The normalized spacial score (nSPS) is 10.3. The molecule has 21 heavy (non-hydrogen) atoms. The monoisotopic (exact) mass is 294 g/mol. The summed E-state index contributed by atoms with van der Waals surface area (Å²) in [5.41, 5.74) is 1.86. The summed E-state index contributed by atoms with van der Waals surface area (Å²) in [6.07, 6.45) is 1.02. The Morgan fingerprint density at radius 2 is 1.67 bits per heavy atom. The third-order valence-corrected chi connectivity index (χ3v) is 3.33. The Morgan fingerprint density at radius 1 is 1.10 bits per heavy atom. The molecule has 0 heterocycles. The zero-order chi connectivity index (χ0) is 16.2. The molecule has 0 saturated heterocycles. The lowest BCUT2D eigenvalue weighted by Gasteiger charge is -2.20. The van der Waals surface area contributed by atoms with Crippen LogP contribution in [-0.4, -0.2) is 23.7 Å². The molecular weight excluding hydrogens is 272 g/mol. The molecule has 0 aliphatic carbocycles. The molecule has 0 bridgehead atoms. The quantitative estimate of drug-likeness (QED) is 0.667. The highest BCUT2D eigenvalue weighted by atomic mass is 16.5. The summed E-state index contributed by atoms with van der Waals surface area (Å²) in [5, 5.41) is 10.3. The fraction of sp³-hybridized carbons (Fsp3) is 0.500. The van der Waals surface area contributed by atoms with Crippen molar-refractivity contribution in [3.8, 4) is 11.5 Å². The molecule has 0 fully saturated rings. The van der Waals surface area contributed by atoms with Crippen molar-refractivity contribution >= 4 is 11.9 Å². The van der Waals surface area contributed by atoms with Crippen LogP contribution in [0.4, 0.5) is 0 Å². The average Bonchev–Trinajstić information content (AvgIpc) is 2.42. The zero-order valence-corrected chi connectivity index (χ0v) is 13.2. The van der Waals surface area contributed by atoms with Crippen molar-refractivity contribution in [2.24, 2.45) is 0 Å². The van der Waals surface area contributed by atoms with E-state index in [0.717, 1.165) is 5.56 Å². The van der Waals surface area contributed by atoms with E-state index >= 15 is 0 Å². The number of hydrogen-bond donors (Lipinski definition) is 1. The lowest BCUT2D eigenvalue weighted by molar-refractivity contribution is -0.132. The molecule has 5 heteroatoms. The van der Waals surface area contributed by atoms with Crippen LogP contribution in [0.25, 0.3) is 0 Å². The van der Waals surface area contributed by atoms with Crippen LogP contribution < -0.4 is 4.74 Å². The molecule has 0 atom stereocenters. The molecular formula is C16H22O5. The van der Waals surface area contributed by atoms with Crippen molar-refractivity contribution in [3.05, 3.63) is 22.3 Å². The summed E-state index contributed by atoms with van der Waals surface area (Å²) in [5.74, 6) is -0.797. The van der Waals surface area contributed by atoms with Gasteiger partial charge >= 0.3 is 11.9 Å². The number of ether oxygens (including phenoxy) is 2. The van der Waals surface area contributed by atoms with Gasteiger partial charge in [0, 0.05) is 18.1 Å². The van der Waals surface area contributed by atoms with Crippen molar-refractivity contribution in [3.63, 3.8) is 0 Å². The van der Waals surface area contributed by atoms with E-state index in [2.05, 4.69) is 0 Å². The molecule has 1 aromatic carbocycles. The van der Waals surface area contributed by atoms with Crippen LogP contribution in [0.3, 0.4) is 0 Å². The first-order chi connectivity index (χ1) is 9.88. The first kappa shape index (κ1) is 17.0. The van der Waals surface area contributed by atoms with Gasteiger partial charge in [0.15, 0.2) is 0 Å². The van der Waals surface area contributed by atoms with E-state index in [9.17, 15) is 14.7 Å². The maximum atomic E-state index is 12.1. The number of carbonyl (C=O) groups excluding carboxylic acids is 2. The first-order valence-electron chi connectivity index (χ1n) is 7.11. The summed E-state index contributed by atoms with van der Waals surface area (Å²) in [7, 11) is 0. The predicted molar refractivity (Wildman–Crippen MR) is 78.9 cm³/mol. The Labute approximate surface area is 124 Å². The van der Waals surface area contributed by atoms with Crippen LogP contribution in [0.5, 0.6) is 11.5 Å². The molecule has 0 saturated carbocycles. The number of rotatable bonds is 5. The Bertz CT molecular complexity index is 561. The van der Waals surface area contributed by atoms with Crippen LogP contribution in [0.2, 0.25) is 0 Å². The number of phenolic OH excluding ortho intramolecular Hbond substituents is 1. The standard InChI is InChI=1S/C16H22O5/c1-6-11-9(4)14(18)13(16(19)20-8-3)12(7-2)15(11)21-10(5)17/h18H,6-8H2,1-5H3. The van der Waals surface area contributed by atoms with E-state index in [4.69, 9.17) is 9.47 Å². The predicted octanol–water partition coefficient (Wildman–Crippen LogP) is 2.93. The lowest BCUT2D eigenvalue weighted by Crippen LogP contribution is -2.14. The number of esters is 2. The molecule has 5 nitrogen and oxygen atoms in total. The minimum Gasteiger partial charge on any atom is -0.507 e. The van der Waals surface area contributed by atoms with Gasteiger partial charge in [0.1, 0.15) is 17.1 Å². The van der Waals surface area contributed by atoms with E-state index in [-0.39, 0.29) is 17.9 Å². The molecule has 0 amide bonds. The summed E-state index contributed by atoms with van der Waals surface area (Å²) in [6, 6.07) is 0. The molecule has 0 unspecified atom stereocenters. The van der Waals surface area contributed by atoms with Crippen molar-refractivity contribution in [2.75, 3.05) is 6.61 Å². The average molecular weight is 294 g/mol. The Kier molecular flexibility index (Phi) is 5.76. The van der Waals surface area contributed by atoms with E-state index in [1.165, 1.54) is 6.92 Å². The van der Waals surface area contributed by atoms with Crippen LogP contribution in [0, 0.1) is 6.92 Å². The van der Waals surface area contributed by atoms with Crippen molar-refractivity contribution in [1.82, 2.24) is 0 Å². The minimum absolute atomic E-state index is 0.0882. The molecule has 116 valence electrons. The Hall–Kier alpha value is -2.04. The van der Waals surface area contributed by atoms with Gasteiger partial charge < -0.3 is 14.6 Å². The molecule has 0 aliphatic rings. The summed E-state index contributed by atoms with van der Waals surface area (Å²) in [6.45, 7) is 8.64. The third-order valence-electron chi connectivity index (χ3n) is 3.33. The number of carbonyl (C=O) groups is 2. The smallest absolute Gasteiger partial charge is 0.342 e. The van der Waals surface area contributed by atoms with Crippen LogP contribution in [-0.2, 0) is 22.4 Å². The molecule has 0 spiro atoms. The number of phenols is 1. The van der Waals surface area contributed by atoms with Crippen molar-refractivity contribution < 1.29 is 24.2 Å². The van der Waals surface area contributed by atoms with Gasteiger partial charge in [-0.15, -0.1) is 0 Å². The van der Waals surface area contributed by atoms with Crippen LogP contribution in [0.1, 0.15) is 54.7 Å². The maximum Gasteiger partial charge on any atom is 0.342 e. The highest BCUT2D eigenvalue weighted by Crippen LogP contribution is 2.39. The Morgan fingerprint density at radius 3 is 2.10 bits per heavy atom. The molecule has 1 aromatic rings. The van der Waals surface area contributed by atoms with Gasteiger partial charge in [-0.2, -0.15) is 0 Å². The van der Waals surface area contributed by atoms with Gasteiger partial charge in [-0.05, 0) is 32.3 Å². The second kappa shape index (κ2) is 7.11. The van der Waals surface area contributed by atoms with Gasteiger partial charge in [0.25, 0.3) is 0 Å². The van der Waals surface area contributed by atoms with Crippen LogP contribution >= 0.6 is 0 Å². The van der Waals surface area contributed by atoms with Crippen molar-refractivity contribution in [2.45, 2.75) is 47.5 Å². The molecule has 0 radical (unpaired) electrons. The largest absolute Gasteiger partial charge is 0.507 e. The third kappa shape index (κ3) is 3.35. The fourth-order valence-corrected chi connectivity index (χ4v) is 2.39. The highest BCUT2D eigenvalue weighted by Gasteiger charge is 2.26. The van der Waals surface area contributed by atoms with Crippen LogP contribution in [0.15, 0.2) is 0 Å². The molecule has 1 N–H and O–H groups in total. The topological polar surface area (TPSA) is 72.8 Å². The molecule has 0 aromatic heterocycles. The number of benzene rings is 1. The Balaban J connectivity index is 3.67. The van der Waals surface area contributed by atoms with E-state index in [0.29, 0.717) is 29.7 Å². The second-order valence-corrected chi connectivity index (χ2v) is 4.66. The van der Waals surface area contributed by atoms with E-state index in [1.807, 2.05) is 13.8 Å². The van der Waals surface area contributed by atoms with Gasteiger partial charge in [-0.25, -0.2) is 4.79 Å². The minimum atomic E-state index is -0.606. The fourth-order valence-electron chi connectivity index (χ4n) is 2.39. The SMILES string of the molecule is CCOC(=O)c1c(O)c(C)c(CC)c(OC(C)=O)c1CC. The van der Waals surface area contributed by atoms with Crippen molar-refractivity contribution in [1.29, 1.82) is 0 Å². The summed E-state index contributed by atoms with van der Waals surface area (Å²) in [4.78, 5) is 23.5. The zero-order valence-electron chi connectivity index (χ0n) is 13.2. The lowest BCUT2D eigenvalue weighted by atomic mass is 9.93. The van der Waals surface area contributed by atoms with Gasteiger partial charge in [-0.3, -0.25) is 4.79 Å². The maximum absolute atomic E-state index is 12.1. The van der Waals surface area contributed by atoms with Gasteiger partial charge in [0.2, 0.25) is 0 Å². The highest BCUT2D eigenvalue weighted by molar-refractivity contribution is 5.96. The first-order valence-corrected chi connectivity index (χ1v) is 7.11. The molecule has 1 rings (SSSR count).